The van der Waals surface area contributed by atoms with Crippen molar-refractivity contribution in [3.63, 3.8) is 0 Å². The van der Waals surface area contributed by atoms with Crippen molar-refractivity contribution in [1.82, 2.24) is 55.2 Å². The number of carbonyl (C=O) groups excluding carboxylic acids is 2. The molecule has 0 radical (unpaired) electrons. The van der Waals surface area contributed by atoms with E-state index in [1.54, 1.807) is 12.5 Å². The second kappa shape index (κ2) is 21.9. The van der Waals surface area contributed by atoms with Crippen molar-refractivity contribution in [2.75, 3.05) is 52.4 Å². The number of amides is 2. The Bertz CT molecular complexity index is 2380. The summed E-state index contributed by atoms with van der Waals surface area (Å²) in [6.45, 7) is 7.43. The molecule has 13 nitrogen and oxygen atoms in total. The third-order valence-corrected chi connectivity index (χ3v) is 14.0. The van der Waals surface area contributed by atoms with E-state index in [-0.39, 0.29) is 36.0 Å². The Morgan fingerprint density at radius 1 is 0.591 bits per heavy atom. The van der Waals surface area contributed by atoms with Gasteiger partial charge in [0.15, 0.2) is 0 Å². The number of halogens is 2. The van der Waals surface area contributed by atoms with Crippen LogP contribution in [0.15, 0.2) is 116 Å². The van der Waals surface area contributed by atoms with Crippen LogP contribution in [0.2, 0.25) is 10.0 Å². The van der Waals surface area contributed by atoms with Gasteiger partial charge in [-0.2, -0.15) is 0 Å². The minimum Gasteiger partial charge on any atom is -0.355 e. The number of aromatic nitrogens is 5. The summed E-state index contributed by atoms with van der Waals surface area (Å²) in [7, 11) is 0. The van der Waals surface area contributed by atoms with E-state index < -0.39 is 0 Å². The van der Waals surface area contributed by atoms with Gasteiger partial charge in [-0.25, -0.2) is 4.98 Å². The lowest BCUT2D eigenvalue weighted by Crippen LogP contribution is -2.58. The van der Waals surface area contributed by atoms with Gasteiger partial charge in [-0.05, 0) is 108 Å². The summed E-state index contributed by atoms with van der Waals surface area (Å²) in [6.07, 6.45) is 18.9. The first kappa shape index (κ1) is 45.7. The van der Waals surface area contributed by atoms with Gasteiger partial charge in [0.2, 0.25) is 11.8 Å². The van der Waals surface area contributed by atoms with Crippen LogP contribution in [-0.4, -0.2) is 110 Å². The zero-order valence-electron chi connectivity index (χ0n) is 37.3. The highest BCUT2D eigenvalue weighted by molar-refractivity contribution is 6.32. The van der Waals surface area contributed by atoms with Crippen LogP contribution in [0.3, 0.4) is 0 Å². The third-order valence-electron chi connectivity index (χ3n) is 13.3. The highest BCUT2D eigenvalue weighted by atomic mass is 35.5. The molecule has 4 N–H and O–H groups in total. The molecular formula is C51H59Cl2N11O2. The fourth-order valence-corrected chi connectivity index (χ4v) is 10.6. The predicted molar refractivity (Wildman–Crippen MR) is 259 cm³/mol. The monoisotopic (exact) mass is 927 g/mol. The number of aryl methyl sites for hydroxylation is 6. The van der Waals surface area contributed by atoms with E-state index >= 15 is 0 Å². The van der Waals surface area contributed by atoms with Crippen LogP contribution in [0.4, 0.5) is 0 Å². The molecule has 15 heteroatoms. The fourth-order valence-electron chi connectivity index (χ4n) is 10.0. The SMILES string of the molecule is O=C(NCCCn1cccc1)[C@H]1CN([C@H]2c3ncccc3CCc3cccc(Cl)c32)CCN1.O=C(NCCCn1ccnc1)[C@H]1CN([C@@H]2c3ncccc3CCc3cccc(Cl)c32)CCN1. The molecule has 0 saturated carbocycles. The smallest absolute Gasteiger partial charge is 0.238 e. The zero-order valence-corrected chi connectivity index (χ0v) is 38.8. The zero-order chi connectivity index (χ0) is 45.2. The van der Waals surface area contributed by atoms with Gasteiger partial charge in [-0.1, -0.05) is 59.6 Å². The van der Waals surface area contributed by atoms with E-state index in [0.717, 1.165) is 110 Å². The van der Waals surface area contributed by atoms with Crippen molar-refractivity contribution in [2.45, 2.75) is 75.8 Å². The Morgan fingerprint density at radius 3 is 1.58 bits per heavy atom. The van der Waals surface area contributed by atoms with E-state index in [0.29, 0.717) is 26.2 Å². The number of hydrogen-bond acceptors (Lipinski definition) is 9. The number of rotatable bonds is 12. The molecule has 2 aromatic carbocycles. The van der Waals surface area contributed by atoms with Crippen LogP contribution < -0.4 is 21.3 Å². The van der Waals surface area contributed by atoms with Crippen molar-refractivity contribution in [3.05, 3.63) is 171 Å². The maximum Gasteiger partial charge on any atom is 0.238 e. The van der Waals surface area contributed by atoms with Gasteiger partial charge in [0.25, 0.3) is 0 Å². The Labute approximate surface area is 397 Å². The minimum absolute atomic E-state index is 0.0413. The topological polar surface area (TPSA) is 137 Å². The van der Waals surface area contributed by atoms with Crippen LogP contribution in [0.1, 0.15) is 69.7 Å². The molecule has 6 aromatic rings. The van der Waals surface area contributed by atoms with Gasteiger partial charge < -0.3 is 30.4 Å². The lowest BCUT2D eigenvalue weighted by molar-refractivity contribution is -0.125. The first-order chi connectivity index (χ1) is 32.4. The average molecular weight is 929 g/mol. The number of nitrogens with one attached hydrogen (secondary N) is 4. The number of pyridine rings is 2. The van der Waals surface area contributed by atoms with Crippen LogP contribution in [-0.2, 0) is 48.4 Å². The molecule has 0 unspecified atom stereocenters. The van der Waals surface area contributed by atoms with Gasteiger partial charge in [-0.15, -0.1) is 0 Å². The summed E-state index contributed by atoms with van der Waals surface area (Å²) < 4.78 is 4.15. The number of benzene rings is 2. The minimum atomic E-state index is -0.270. The fraction of sp³-hybridized carbons (Fsp3) is 0.392. The molecular weight excluding hydrogens is 870 g/mol. The van der Waals surface area contributed by atoms with Crippen molar-refractivity contribution >= 4 is 35.0 Å². The standard InChI is InChI=1S/C26H30ClN5O.C25H29ClN6O/c27-21-8-3-6-19-9-10-20-7-4-11-29-24(20)25(23(19)21)32-17-13-28-22(18-32)26(33)30-12-5-16-31-14-1-2-15-31;26-20-6-1-4-18-7-8-19-5-2-9-29-23(19)24(22(18)20)32-15-12-28-21(16-32)25(33)30-10-3-13-31-14-11-27-17-31/h1-4,6-8,11,14-15,22,25,28H,5,9-10,12-13,16-18H2,(H,30,33);1-2,4-6,9,11,14,17,21,24,28H,3,7-8,10,12-13,15-16H2,(H,30,33)/t22-,25-;21-,24+/m11/s1. The van der Waals surface area contributed by atoms with Crippen LogP contribution in [0.5, 0.6) is 0 Å². The molecule has 2 fully saturated rings. The predicted octanol–water partition coefficient (Wildman–Crippen LogP) is 5.80. The van der Waals surface area contributed by atoms with Gasteiger partial charge in [0.1, 0.15) is 0 Å². The first-order valence-electron chi connectivity index (χ1n) is 23.4. The Kier molecular flexibility index (Phi) is 15.2. The number of carbonyl (C=O) groups is 2. The maximum atomic E-state index is 13.0. The Hall–Kier alpha value is -5.41. The van der Waals surface area contributed by atoms with Gasteiger partial charge >= 0.3 is 0 Å². The molecule has 4 atom stereocenters. The molecule has 10 rings (SSSR count). The molecule has 344 valence electrons. The highest BCUT2D eigenvalue weighted by Crippen LogP contribution is 2.41. The van der Waals surface area contributed by atoms with E-state index in [1.807, 2.05) is 84.1 Å². The van der Waals surface area contributed by atoms with E-state index in [1.165, 1.54) is 22.3 Å². The lowest BCUT2D eigenvalue weighted by atomic mass is 9.95. The number of fused-ring (bicyclic) bond motifs is 4. The number of hydrogen-bond donors (Lipinski definition) is 4. The summed E-state index contributed by atoms with van der Waals surface area (Å²) in [5.41, 5.74) is 9.47. The van der Waals surface area contributed by atoms with Gasteiger partial charge in [0, 0.05) is 113 Å². The number of nitrogens with zero attached hydrogens (tertiary/aromatic N) is 7. The van der Waals surface area contributed by atoms with Crippen molar-refractivity contribution in [3.8, 4) is 0 Å². The quantitative estimate of drug-likeness (QED) is 0.112. The van der Waals surface area contributed by atoms with Crippen LogP contribution in [0.25, 0.3) is 0 Å². The molecule has 4 aromatic heterocycles. The molecule has 0 bridgehead atoms. The Balaban J connectivity index is 0.000000166. The van der Waals surface area contributed by atoms with E-state index in [9.17, 15) is 9.59 Å². The van der Waals surface area contributed by atoms with Crippen LogP contribution in [0, 0.1) is 0 Å². The second-order valence-electron chi connectivity index (χ2n) is 17.5. The van der Waals surface area contributed by atoms with Crippen LogP contribution >= 0.6 is 23.2 Å². The second-order valence-corrected chi connectivity index (χ2v) is 18.4. The summed E-state index contributed by atoms with van der Waals surface area (Å²) in [5, 5.41) is 14.6. The highest BCUT2D eigenvalue weighted by Gasteiger charge is 2.37. The van der Waals surface area contributed by atoms with E-state index in [4.69, 9.17) is 33.2 Å². The lowest BCUT2D eigenvalue weighted by Gasteiger charge is -2.39. The largest absolute Gasteiger partial charge is 0.355 e. The maximum absolute atomic E-state index is 13.0. The van der Waals surface area contributed by atoms with Crippen molar-refractivity contribution in [2.24, 2.45) is 0 Å². The van der Waals surface area contributed by atoms with E-state index in [2.05, 4.69) is 64.9 Å². The first-order valence-corrected chi connectivity index (χ1v) is 24.2. The molecule has 2 amide bonds. The summed E-state index contributed by atoms with van der Waals surface area (Å²) >= 11 is 13.5. The molecule has 66 heavy (non-hydrogen) atoms. The molecule has 2 aliphatic heterocycles. The Morgan fingerprint density at radius 2 is 1.08 bits per heavy atom. The average Bonchev–Trinajstić information content (AvgIpc) is 4.02. The summed E-state index contributed by atoms with van der Waals surface area (Å²) in [6, 6.07) is 24.1. The molecule has 4 aliphatic rings. The number of piperazine rings is 2. The molecule has 6 heterocycles. The molecule has 2 aliphatic carbocycles. The van der Waals surface area contributed by atoms with Gasteiger partial charge in [-0.3, -0.25) is 29.4 Å². The summed E-state index contributed by atoms with van der Waals surface area (Å²) in [4.78, 5) is 44.3. The normalized spacial score (nSPS) is 20.5. The molecule has 2 saturated heterocycles. The summed E-state index contributed by atoms with van der Waals surface area (Å²) in [5.74, 6) is 0.0982. The molecule has 0 spiro atoms. The van der Waals surface area contributed by atoms with Crippen molar-refractivity contribution in [1.29, 1.82) is 0 Å². The third kappa shape index (κ3) is 10.7. The van der Waals surface area contributed by atoms with Gasteiger partial charge in [0.05, 0.1) is 41.9 Å². The van der Waals surface area contributed by atoms with Crippen molar-refractivity contribution < 1.29 is 9.59 Å². The number of imidazole rings is 1.